The summed E-state index contributed by atoms with van der Waals surface area (Å²) in [6.07, 6.45) is 3.02. The van der Waals surface area contributed by atoms with Crippen molar-refractivity contribution in [2.75, 3.05) is 13.7 Å². The zero-order valence-electron chi connectivity index (χ0n) is 18.9. The molecule has 7 atom stereocenters. The highest BCUT2D eigenvalue weighted by Gasteiger charge is 2.72. The maximum Gasteiger partial charge on any atom is 0.408 e. The van der Waals surface area contributed by atoms with Crippen molar-refractivity contribution >= 4 is 12.0 Å². The predicted molar refractivity (Wildman–Crippen MR) is 111 cm³/mol. The third kappa shape index (κ3) is 4.50. The molecule has 0 aromatic carbocycles. The highest BCUT2D eigenvalue weighted by molar-refractivity contribution is 5.84. The van der Waals surface area contributed by atoms with E-state index < -0.39 is 29.7 Å². The zero-order chi connectivity index (χ0) is 22.3. The van der Waals surface area contributed by atoms with Crippen molar-refractivity contribution in [3.8, 4) is 0 Å². The Kier molecular flexibility index (Phi) is 6.51. The van der Waals surface area contributed by atoms with Crippen LogP contribution in [0.1, 0.15) is 53.9 Å². The van der Waals surface area contributed by atoms with Crippen LogP contribution in [0.4, 0.5) is 4.79 Å². The van der Waals surface area contributed by atoms with Crippen LogP contribution in [-0.4, -0.2) is 61.3 Å². The summed E-state index contributed by atoms with van der Waals surface area (Å²) in [7, 11) is 1.63. The van der Waals surface area contributed by atoms with Gasteiger partial charge in [-0.3, -0.25) is 4.79 Å². The van der Waals surface area contributed by atoms with Crippen LogP contribution in [0.25, 0.3) is 0 Å². The molecule has 1 spiro atoms. The number of alkyl carbamates (subject to hydrolysis) is 1. The van der Waals surface area contributed by atoms with E-state index in [9.17, 15) is 9.59 Å². The van der Waals surface area contributed by atoms with Gasteiger partial charge in [0.05, 0.1) is 18.6 Å². The molecule has 0 bridgehead atoms. The van der Waals surface area contributed by atoms with Gasteiger partial charge in [0.15, 0.2) is 0 Å². The van der Waals surface area contributed by atoms with E-state index >= 15 is 0 Å². The molecule has 0 radical (unpaired) electrons. The van der Waals surface area contributed by atoms with Gasteiger partial charge in [-0.15, -0.1) is 0 Å². The van der Waals surface area contributed by atoms with Gasteiger partial charge in [-0.1, -0.05) is 25.5 Å². The van der Waals surface area contributed by atoms with Crippen molar-refractivity contribution in [1.82, 2.24) is 5.32 Å². The molecule has 3 N–H and O–H groups in total. The maximum absolute atomic E-state index is 12.5. The highest BCUT2D eigenvalue weighted by Crippen LogP contribution is 2.59. The smallest absolute Gasteiger partial charge is 0.408 e. The Morgan fingerprint density at radius 3 is 2.50 bits per heavy atom. The summed E-state index contributed by atoms with van der Waals surface area (Å²) >= 11 is 0. The lowest BCUT2D eigenvalue weighted by atomic mass is 9.68. The van der Waals surface area contributed by atoms with Gasteiger partial charge in [0, 0.05) is 7.11 Å². The fourth-order valence-electron chi connectivity index (χ4n) is 4.94. The Labute approximate surface area is 178 Å². The minimum absolute atomic E-state index is 0.0471. The molecule has 8 heteroatoms. The van der Waals surface area contributed by atoms with Gasteiger partial charge >= 0.3 is 6.09 Å². The zero-order valence-corrected chi connectivity index (χ0v) is 18.9. The number of carbonyl (C=O) groups is 2. The molecular weight excluding hydrogens is 388 g/mol. The van der Waals surface area contributed by atoms with Crippen LogP contribution in [0.2, 0.25) is 0 Å². The summed E-state index contributed by atoms with van der Waals surface area (Å²) in [5, 5.41) is 2.59. The summed E-state index contributed by atoms with van der Waals surface area (Å²) in [5.74, 6) is -0.766. The number of hydrogen-bond donors (Lipinski definition) is 2. The van der Waals surface area contributed by atoms with Gasteiger partial charge in [-0.05, 0) is 46.0 Å². The van der Waals surface area contributed by atoms with Crippen LogP contribution < -0.4 is 11.1 Å². The average Bonchev–Trinajstić information content (AvgIpc) is 3.56. The van der Waals surface area contributed by atoms with Crippen molar-refractivity contribution in [1.29, 1.82) is 0 Å². The number of nitrogens with one attached hydrogen (secondary N) is 1. The number of methoxy groups -OCH3 is 1. The van der Waals surface area contributed by atoms with Crippen molar-refractivity contribution in [2.24, 2.45) is 17.6 Å². The standard InChI is InChI=1S/C22H36N2O6/c1-12(2)7-8-15-21(5,30-15)18-17(27-6)14(9-10-22(18)11-28-22)29-20(26)24-16(13(3)4)19(23)25/h7,13-18H,8-11H2,1-6H3,(H2,23,25)(H,24,26)/t14-,15?,16-,17-,18-,21?,22?/m1/s1. The molecule has 2 aliphatic heterocycles. The minimum atomic E-state index is -0.784. The van der Waals surface area contributed by atoms with E-state index in [2.05, 4.69) is 32.2 Å². The largest absolute Gasteiger partial charge is 0.443 e. The second-order valence-corrected chi connectivity index (χ2v) is 9.59. The Balaban J connectivity index is 1.71. The quantitative estimate of drug-likeness (QED) is 0.456. The first-order valence-corrected chi connectivity index (χ1v) is 10.8. The number of nitrogens with two attached hydrogens (primary N) is 1. The van der Waals surface area contributed by atoms with Crippen LogP contribution in [-0.2, 0) is 23.7 Å². The Hall–Kier alpha value is -1.64. The molecule has 3 fully saturated rings. The highest BCUT2D eigenvalue weighted by atomic mass is 16.6. The van der Waals surface area contributed by atoms with E-state index in [4.69, 9.17) is 24.7 Å². The predicted octanol–water partition coefficient (Wildman–Crippen LogP) is 2.30. The van der Waals surface area contributed by atoms with Crippen molar-refractivity contribution in [2.45, 2.75) is 89.4 Å². The minimum Gasteiger partial charge on any atom is -0.443 e. The molecule has 1 aliphatic carbocycles. The number of primary amides is 1. The molecule has 1 saturated carbocycles. The summed E-state index contributed by atoms with van der Waals surface area (Å²) in [4.78, 5) is 24.1. The number of ether oxygens (including phenoxy) is 4. The second kappa shape index (κ2) is 8.48. The fraction of sp³-hybridized carbons (Fsp3) is 0.818. The third-order valence-corrected chi connectivity index (χ3v) is 6.74. The monoisotopic (exact) mass is 424 g/mol. The average molecular weight is 425 g/mol. The van der Waals surface area contributed by atoms with E-state index in [1.165, 1.54) is 5.57 Å². The molecule has 8 nitrogen and oxygen atoms in total. The SMILES string of the molecule is CO[C@@H]1[C@H](OC(=O)N[C@@H](C(N)=O)C(C)C)CCC2(CO2)[C@H]1C1(C)OC1CC=C(C)C. The third-order valence-electron chi connectivity index (χ3n) is 6.74. The molecule has 2 amide bonds. The summed E-state index contributed by atoms with van der Waals surface area (Å²) < 4.78 is 23.7. The molecule has 30 heavy (non-hydrogen) atoms. The van der Waals surface area contributed by atoms with Crippen LogP contribution in [0.5, 0.6) is 0 Å². The van der Waals surface area contributed by atoms with Gasteiger partial charge < -0.3 is 30.0 Å². The topological polar surface area (TPSA) is 116 Å². The molecule has 0 aromatic heterocycles. The van der Waals surface area contributed by atoms with Crippen LogP contribution >= 0.6 is 0 Å². The van der Waals surface area contributed by atoms with Crippen molar-refractivity contribution < 1.29 is 28.5 Å². The molecule has 0 aromatic rings. The number of epoxide rings is 2. The van der Waals surface area contributed by atoms with Gasteiger partial charge in [-0.2, -0.15) is 0 Å². The van der Waals surface area contributed by atoms with Gasteiger partial charge in [0.25, 0.3) is 0 Å². The normalized spacial score (nSPS) is 38.1. The van der Waals surface area contributed by atoms with Crippen LogP contribution in [0, 0.1) is 11.8 Å². The molecule has 170 valence electrons. The molecule has 2 heterocycles. The summed E-state index contributed by atoms with van der Waals surface area (Å²) in [6.45, 7) is 10.5. The first-order chi connectivity index (χ1) is 14.0. The first-order valence-electron chi connectivity index (χ1n) is 10.8. The number of carbonyl (C=O) groups excluding carboxylic acids is 2. The van der Waals surface area contributed by atoms with Crippen molar-refractivity contribution in [3.05, 3.63) is 11.6 Å². The summed E-state index contributed by atoms with van der Waals surface area (Å²) in [5.41, 5.74) is 5.98. The Bertz CT molecular complexity index is 700. The summed E-state index contributed by atoms with van der Waals surface area (Å²) in [6, 6.07) is -0.784. The molecule has 2 saturated heterocycles. The molecule has 3 unspecified atom stereocenters. The first kappa shape index (κ1) is 23.0. The van der Waals surface area contributed by atoms with Gasteiger partial charge in [0.1, 0.15) is 29.5 Å². The van der Waals surface area contributed by atoms with E-state index in [0.29, 0.717) is 13.0 Å². The molecule has 3 aliphatic rings. The number of amides is 2. The number of hydrogen-bond acceptors (Lipinski definition) is 6. The molecule has 3 rings (SSSR count). The maximum atomic E-state index is 12.5. The van der Waals surface area contributed by atoms with Gasteiger partial charge in [-0.25, -0.2) is 4.79 Å². The lowest BCUT2D eigenvalue weighted by Crippen LogP contribution is -2.57. The lowest BCUT2D eigenvalue weighted by Gasteiger charge is -2.42. The number of allylic oxidation sites excluding steroid dienone is 1. The Morgan fingerprint density at radius 2 is 2.00 bits per heavy atom. The lowest BCUT2D eigenvalue weighted by molar-refractivity contribution is -0.123. The van der Waals surface area contributed by atoms with Crippen LogP contribution in [0.3, 0.4) is 0 Å². The van der Waals surface area contributed by atoms with E-state index in [1.807, 2.05) is 13.8 Å². The van der Waals surface area contributed by atoms with E-state index in [-0.39, 0.29) is 29.6 Å². The van der Waals surface area contributed by atoms with E-state index in [1.54, 1.807) is 7.11 Å². The fourth-order valence-corrected chi connectivity index (χ4v) is 4.94. The Morgan fingerprint density at radius 1 is 1.33 bits per heavy atom. The van der Waals surface area contributed by atoms with Gasteiger partial charge in [0.2, 0.25) is 5.91 Å². The number of rotatable bonds is 8. The van der Waals surface area contributed by atoms with Crippen molar-refractivity contribution in [3.63, 3.8) is 0 Å². The van der Waals surface area contributed by atoms with Crippen LogP contribution in [0.15, 0.2) is 11.6 Å². The second-order valence-electron chi connectivity index (χ2n) is 9.59. The van der Waals surface area contributed by atoms with E-state index in [0.717, 1.165) is 12.8 Å². The molecular formula is C22H36N2O6.